The van der Waals surface area contributed by atoms with Gasteiger partial charge in [-0.05, 0) is 47.1 Å². The van der Waals surface area contributed by atoms with Crippen LogP contribution in [0.3, 0.4) is 0 Å². The summed E-state index contributed by atoms with van der Waals surface area (Å²) in [5.74, 6) is 0. The first-order chi connectivity index (χ1) is 7.35. The molecule has 98 valence electrons. The van der Waals surface area contributed by atoms with E-state index in [1.165, 1.54) is 19.3 Å². The van der Waals surface area contributed by atoms with Gasteiger partial charge in [-0.25, -0.2) is 0 Å². The van der Waals surface area contributed by atoms with E-state index in [-0.39, 0.29) is 5.54 Å². The van der Waals surface area contributed by atoms with E-state index >= 15 is 0 Å². The molecule has 0 saturated heterocycles. The highest BCUT2D eigenvalue weighted by atomic mass is 15.2. The van der Waals surface area contributed by atoms with Gasteiger partial charge in [-0.2, -0.15) is 0 Å². The molecule has 0 amide bonds. The molecule has 0 bridgehead atoms. The predicted octanol–water partition coefficient (Wildman–Crippen LogP) is 3.27. The molecule has 0 spiro atoms. The molecule has 1 atom stereocenters. The van der Waals surface area contributed by atoms with Crippen LogP contribution in [-0.2, 0) is 0 Å². The normalized spacial score (nSPS) is 14.8. The van der Waals surface area contributed by atoms with Gasteiger partial charge in [0.1, 0.15) is 0 Å². The summed E-state index contributed by atoms with van der Waals surface area (Å²) in [7, 11) is 2.27. The zero-order valence-corrected chi connectivity index (χ0v) is 12.4. The lowest BCUT2D eigenvalue weighted by Crippen LogP contribution is -2.49. The Morgan fingerprint density at radius 1 is 0.938 bits per heavy atom. The number of nitrogens with one attached hydrogen (secondary N) is 1. The van der Waals surface area contributed by atoms with Crippen LogP contribution in [0.25, 0.3) is 0 Å². The lowest BCUT2D eigenvalue weighted by molar-refractivity contribution is 0.149. The van der Waals surface area contributed by atoms with E-state index in [9.17, 15) is 0 Å². The van der Waals surface area contributed by atoms with Crippen LogP contribution in [-0.4, -0.2) is 36.1 Å². The predicted molar refractivity (Wildman–Crippen MR) is 74.0 cm³/mol. The fourth-order valence-electron chi connectivity index (χ4n) is 2.16. The largest absolute Gasteiger partial charge is 0.311 e. The van der Waals surface area contributed by atoms with Crippen LogP contribution in [0.4, 0.5) is 0 Å². The molecule has 0 aliphatic carbocycles. The fraction of sp³-hybridized carbons (Fsp3) is 1.00. The van der Waals surface area contributed by atoms with Crippen molar-refractivity contribution < 1.29 is 0 Å². The van der Waals surface area contributed by atoms with Crippen molar-refractivity contribution >= 4 is 0 Å². The Kier molecular flexibility index (Phi) is 7.25. The van der Waals surface area contributed by atoms with Crippen LogP contribution in [0.1, 0.15) is 60.8 Å². The summed E-state index contributed by atoms with van der Waals surface area (Å²) in [5.41, 5.74) is 0.224. The first-order valence-electron chi connectivity index (χ1n) is 6.82. The summed E-state index contributed by atoms with van der Waals surface area (Å²) in [6.45, 7) is 14.6. The molecule has 0 saturated carbocycles. The highest BCUT2D eigenvalue weighted by Crippen LogP contribution is 2.13. The van der Waals surface area contributed by atoms with Crippen LogP contribution >= 0.6 is 0 Å². The van der Waals surface area contributed by atoms with E-state index in [1.54, 1.807) is 0 Å². The topological polar surface area (TPSA) is 15.3 Å². The van der Waals surface area contributed by atoms with Crippen LogP contribution in [0.5, 0.6) is 0 Å². The van der Waals surface area contributed by atoms with Gasteiger partial charge in [0.2, 0.25) is 0 Å². The van der Waals surface area contributed by atoms with E-state index < -0.39 is 0 Å². The van der Waals surface area contributed by atoms with Crippen molar-refractivity contribution in [1.29, 1.82) is 0 Å². The summed E-state index contributed by atoms with van der Waals surface area (Å²) in [5, 5.41) is 3.62. The average Bonchev–Trinajstić information content (AvgIpc) is 2.19. The molecular formula is C14H32N2. The van der Waals surface area contributed by atoms with Gasteiger partial charge in [-0.3, -0.25) is 4.90 Å². The first kappa shape index (κ1) is 15.9. The summed E-state index contributed by atoms with van der Waals surface area (Å²) >= 11 is 0. The highest BCUT2D eigenvalue weighted by molar-refractivity contribution is 4.79. The maximum Gasteiger partial charge on any atom is 0.0218 e. The molecule has 0 rings (SSSR count). The smallest absolute Gasteiger partial charge is 0.0218 e. The van der Waals surface area contributed by atoms with Gasteiger partial charge in [-0.1, -0.05) is 20.8 Å². The second kappa shape index (κ2) is 7.29. The molecule has 0 radical (unpaired) electrons. The average molecular weight is 228 g/mol. The Balaban J connectivity index is 4.26. The number of nitrogens with zero attached hydrogens (tertiary/aromatic N) is 1. The molecule has 0 aromatic rings. The van der Waals surface area contributed by atoms with Crippen molar-refractivity contribution in [2.45, 2.75) is 78.4 Å². The lowest BCUT2D eigenvalue weighted by Gasteiger charge is -2.35. The van der Waals surface area contributed by atoms with Crippen molar-refractivity contribution in [2.24, 2.45) is 0 Å². The first-order valence-corrected chi connectivity index (χ1v) is 6.82. The zero-order valence-electron chi connectivity index (χ0n) is 12.4. The van der Waals surface area contributed by atoms with Crippen LogP contribution in [0, 0.1) is 0 Å². The molecule has 1 unspecified atom stereocenters. The molecule has 2 heteroatoms. The van der Waals surface area contributed by atoms with Gasteiger partial charge >= 0.3 is 0 Å². The number of hydrogen-bond donors (Lipinski definition) is 1. The second-order valence-corrected chi connectivity index (χ2v) is 5.83. The van der Waals surface area contributed by atoms with Crippen LogP contribution in [0.2, 0.25) is 0 Å². The number of hydrogen-bond acceptors (Lipinski definition) is 2. The van der Waals surface area contributed by atoms with Crippen molar-refractivity contribution in [3.63, 3.8) is 0 Å². The maximum atomic E-state index is 3.62. The molecule has 2 nitrogen and oxygen atoms in total. The van der Waals surface area contributed by atoms with Crippen molar-refractivity contribution in [2.75, 3.05) is 13.6 Å². The number of rotatable bonds is 7. The summed E-state index contributed by atoms with van der Waals surface area (Å²) < 4.78 is 0. The quantitative estimate of drug-likeness (QED) is 0.719. The Hall–Kier alpha value is -0.0800. The highest BCUT2D eigenvalue weighted by Gasteiger charge is 2.20. The van der Waals surface area contributed by atoms with Gasteiger partial charge in [-0.15, -0.1) is 0 Å². The SMILES string of the molecule is CCC(CC)N(C)C(CC)CNC(C)(C)C. The standard InChI is InChI=1S/C14H32N2/c1-8-12(9-2)16(7)13(10-3)11-15-14(4,5)6/h12-13,15H,8-11H2,1-7H3. The lowest BCUT2D eigenvalue weighted by atomic mass is 10.0. The third-order valence-corrected chi connectivity index (χ3v) is 3.43. The molecule has 0 aliphatic rings. The van der Waals surface area contributed by atoms with E-state index in [1.807, 2.05) is 0 Å². The van der Waals surface area contributed by atoms with Crippen molar-refractivity contribution in [3.05, 3.63) is 0 Å². The van der Waals surface area contributed by atoms with Crippen molar-refractivity contribution in [3.8, 4) is 0 Å². The third-order valence-electron chi connectivity index (χ3n) is 3.43. The molecule has 16 heavy (non-hydrogen) atoms. The molecule has 1 N–H and O–H groups in total. The van der Waals surface area contributed by atoms with E-state index in [4.69, 9.17) is 0 Å². The van der Waals surface area contributed by atoms with E-state index in [0.717, 1.165) is 12.6 Å². The Morgan fingerprint density at radius 3 is 1.69 bits per heavy atom. The summed E-state index contributed by atoms with van der Waals surface area (Å²) in [6, 6.07) is 1.39. The van der Waals surface area contributed by atoms with Gasteiger partial charge < -0.3 is 5.32 Å². The third kappa shape index (κ3) is 5.86. The number of likely N-dealkylation sites (N-methyl/N-ethyl adjacent to an activating group) is 1. The second-order valence-electron chi connectivity index (χ2n) is 5.83. The molecule has 0 aliphatic heterocycles. The molecular weight excluding hydrogens is 196 g/mol. The zero-order chi connectivity index (χ0) is 12.8. The van der Waals surface area contributed by atoms with Gasteiger partial charge in [0, 0.05) is 24.2 Å². The van der Waals surface area contributed by atoms with Gasteiger partial charge in [0.05, 0.1) is 0 Å². The minimum atomic E-state index is 0.224. The summed E-state index contributed by atoms with van der Waals surface area (Å²) in [4.78, 5) is 2.55. The molecule has 0 fully saturated rings. The molecule has 0 heterocycles. The minimum Gasteiger partial charge on any atom is -0.311 e. The molecule has 0 aromatic heterocycles. The Morgan fingerprint density at radius 2 is 1.38 bits per heavy atom. The van der Waals surface area contributed by atoms with Gasteiger partial charge in [0.15, 0.2) is 0 Å². The minimum absolute atomic E-state index is 0.224. The summed E-state index contributed by atoms with van der Waals surface area (Å²) in [6.07, 6.45) is 3.72. The maximum absolute atomic E-state index is 3.62. The molecule has 0 aromatic carbocycles. The van der Waals surface area contributed by atoms with Crippen molar-refractivity contribution in [1.82, 2.24) is 10.2 Å². The van der Waals surface area contributed by atoms with Crippen LogP contribution in [0.15, 0.2) is 0 Å². The monoisotopic (exact) mass is 228 g/mol. The Labute approximate surface area is 103 Å². The van der Waals surface area contributed by atoms with E-state index in [2.05, 4.69) is 58.8 Å². The van der Waals surface area contributed by atoms with Crippen LogP contribution < -0.4 is 5.32 Å². The van der Waals surface area contributed by atoms with Gasteiger partial charge in [0.25, 0.3) is 0 Å². The Bertz CT molecular complexity index is 168. The fourth-order valence-corrected chi connectivity index (χ4v) is 2.16. The van der Waals surface area contributed by atoms with E-state index in [0.29, 0.717) is 6.04 Å².